The lowest BCUT2D eigenvalue weighted by Gasteiger charge is -2.38. The van der Waals surface area contributed by atoms with E-state index < -0.39 is 12.2 Å². The normalized spacial score (nSPS) is 22.2. The van der Waals surface area contributed by atoms with Crippen LogP contribution >= 0.6 is 0 Å². The summed E-state index contributed by atoms with van der Waals surface area (Å²) in [5.74, 6) is -0.0627. The molecule has 2 heterocycles. The number of nitrogens with zero attached hydrogens (tertiary/aromatic N) is 2. The molecule has 2 aliphatic heterocycles. The number of alkyl halides is 2. The van der Waals surface area contributed by atoms with Gasteiger partial charge in [-0.2, -0.15) is 8.78 Å². The molecule has 0 radical (unpaired) electrons. The van der Waals surface area contributed by atoms with Crippen LogP contribution in [0, 0.1) is 5.92 Å². The van der Waals surface area contributed by atoms with Crippen LogP contribution in [0.1, 0.15) is 44.0 Å². The Bertz CT molecular complexity index is 735. The molecule has 0 bridgehead atoms. The maximum absolute atomic E-state index is 12.8. The van der Waals surface area contributed by atoms with Crippen LogP contribution in [0.25, 0.3) is 0 Å². The number of halogens is 2. The fraction of sp³-hybridized carbons (Fsp3) is 0.600. The van der Waals surface area contributed by atoms with Gasteiger partial charge in [0.2, 0.25) is 0 Å². The van der Waals surface area contributed by atoms with E-state index in [4.69, 9.17) is 4.74 Å². The van der Waals surface area contributed by atoms with Gasteiger partial charge in [0.15, 0.2) is 0 Å². The highest BCUT2D eigenvalue weighted by atomic mass is 19.3. The molecule has 3 rings (SSSR count). The molecule has 6 nitrogen and oxygen atoms in total. The van der Waals surface area contributed by atoms with Gasteiger partial charge in [0.25, 0.3) is 5.91 Å². The fourth-order valence-electron chi connectivity index (χ4n) is 3.90. The Balaban J connectivity index is 1.63. The molecule has 0 N–H and O–H groups in total. The molecule has 0 saturated carbocycles. The molecule has 0 aliphatic carbocycles. The number of hydrogen-bond acceptors (Lipinski definition) is 4. The van der Waals surface area contributed by atoms with E-state index in [1.54, 1.807) is 15.9 Å². The summed E-state index contributed by atoms with van der Waals surface area (Å²) in [5, 5.41) is 0. The first-order valence-electron chi connectivity index (χ1n) is 9.48. The highest BCUT2D eigenvalue weighted by Gasteiger charge is 2.42. The smallest absolute Gasteiger partial charge is 0.410 e. The van der Waals surface area contributed by atoms with Crippen molar-refractivity contribution in [2.75, 3.05) is 19.6 Å². The number of carbonyl (C=O) groups excluding carboxylic acids is 2. The van der Waals surface area contributed by atoms with Gasteiger partial charge < -0.3 is 19.3 Å². The molecule has 1 aromatic rings. The minimum atomic E-state index is -2.93. The molecular formula is C20H26F2N2O4. The van der Waals surface area contributed by atoms with Crippen LogP contribution in [-0.4, -0.2) is 59.7 Å². The van der Waals surface area contributed by atoms with Gasteiger partial charge in [0.1, 0.15) is 11.4 Å². The topological polar surface area (TPSA) is 59.1 Å². The lowest BCUT2D eigenvalue weighted by Crippen LogP contribution is -2.50. The maximum atomic E-state index is 12.8. The number of ether oxygens (including phenoxy) is 2. The zero-order valence-corrected chi connectivity index (χ0v) is 16.4. The van der Waals surface area contributed by atoms with Crippen LogP contribution in [0.5, 0.6) is 5.75 Å². The number of amides is 2. The van der Waals surface area contributed by atoms with Crippen LogP contribution in [0.4, 0.5) is 13.6 Å². The van der Waals surface area contributed by atoms with E-state index in [1.165, 1.54) is 18.2 Å². The number of piperidine rings is 1. The third kappa shape index (κ3) is 4.72. The summed E-state index contributed by atoms with van der Waals surface area (Å²) in [7, 11) is 0. The zero-order valence-electron chi connectivity index (χ0n) is 16.4. The molecule has 0 aromatic heterocycles. The van der Waals surface area contributed by atoms with Crippen molar-refractivity contribution in [1.82, 2.24) is 9.80 Å². The standard InChI is InChI=1S/C20H26F2N2O4/c1-20(2,3)28-19(26)24-10-7-14-12-23(9-8-16(14)24)17(25)13-5-4-6-15(11-13)27-18(21)22/h4-6,11,14,16,18H,7-10,12H2,1-3H3/t14-,16+/m1/s1. The predicted molar refractivity (Wildman–Crippen MR) is 98.4 cm³/mol. The average Bonchev–Trinajstić information content (AvgIpc) is 3.02. The summed E-state index contributed by atoms with van der Waals surface area (Å²) < 4.78 is 34.7. The Hall–Kier alpha value is -2.38. The van der Waals surface area contributed by atoms with E-state index >= 15 is 0 Å². The molecule has 28 heavy (non-hydrogen) atoms. The lowest BCUT2D eigenvalue weighted by atomic mass is 9.92. The summed E-state index contributed by atoms with van der Waals surface area (Å²) in [4.78, 5) is 28.7. The quantitative estimate of drug-likeness (QED) is 0.781. The third-order valence-electron chi connectivity index (χ3n) is 5.06. The number of hydrogen-bond donors (Lipinski definition) is 0. The first-order valence-corrected chi connectivity index (χ1v) is 9.48. The minimum absolute atomic E-state index is 0.0345. The van der Waals surface area contributed by atoms with Crippen molar-refractivity contribution < 1.29 is 27.8 Å². The largest absolute Gasteiger partial charge is 0.444 e. The van der Waals surface area contributed by atoms with Gasteiger partial charge in [-0.1, -0.05) is 6.07 Å². The van der Waals surface area contributed by atoms with Crippen molar-refractivity contribution in [3.8, 4) is 5.75 Å². The summed E-state index contributed by atoms with van der Waals surface area (Å²) in [6.07, 6.45) is 1.17. The molecule has 1 aromatic carbocycles. The van der Waals surface area contributed by atoms with Gasteiger partial charge in [0, 0.05) is 31.2 Å². The Labute approximate surface area is 163 Å². The fourth-order valence-corrected chi connectivity index (χ4v) is 3.90. The first-order chi connectivity index (χ1) is 13.1. The Morgan fingerprint density at radius 3 is 2.61 bits per heavy atom. The van der Waals surface area contributed by atoms with Crippen LogP contribution in [0.15, 0.2) is 24.3 Å². The summed E-state index contributed by atoms with van der Waals surface area (Å²) >= 11 is 0. The summed E-state index contributed by atoms with van der Waals surface area (Å²) in [5.41, 5.74) is -0.226. The Morgan fingerprint density at radius 1 is 1.18 bits per heavy atom. The van der Waals surface area contributed by atoms with Crippen LogP contribution < -0.4 is 4.74 Å². The molecule has 2 fully saturated rings. The molecule has 0 spiro atoms. The van der Waals surface area contributed by atoms with E-state index in [0.717, 1.165) is 6.42 Å². The van der Waals surface area contributed by atoms with Gasteiger partial charge in [-0.25, -0.2) is 4.79 Å². The Morgan fingerprint density at radius 2 is 1.93 bits per heavy atom. The summed E-state index contributed by atoms with van der Waals surface area (Å²) in [6.45, 7) is 4.23. The van der Waals surface area contributed by atoms with Crippen molar-refractivity contribution in [2.45, 2.75) is 51.9 Å². The third-order valence-corrected chi connectivity index (χ3v) is 5.06. The second-order valence-electron chi connectivity index (χ2n) is 8.24. The van der Waals surface area contributed by atoms with Crippen LogP contribution in [0.2, 0.25) is 0 Å². The SMILES string of the molecule is CC(C)(C)OC(=O)N1CC[C@@H]2CN(C(=O)c3cccc(OC(F)F)c3)CC[C@@H]21. The van der Waals surface area contributed by atoms with Gasteiger partial charge >= 0.3 is 12.7 Å². The first kappa shape index (κ1) is 20.4. The molecule has 154 valence electrons. The van der Waals surface area contributed by atoms with E-state index in [2.05, 4.69) is 4.74 Å². The van der Waals surface area contributed by atoms with E-state index in [0.29, 0.717) is 31.6 Å². The molecule has 2 aliphatic rings. The van der Waals surface area contributed by atoms with Gasteiger partial charge in [-0.15, -0.1) is 0 Å². The van der Waals surface area contributed by atoms with Crippen LogP contribution in [-0.2, 0) is 4.74 Å². The average molecular weight is 396 g/mol. The van der Waals surface area contributed by atoms with E-state index in [1.807, 2.05) is 20.8 Å². The lowest BCUT2D eigenvalue weighted by molar-refractivity contribution is -0.0499. The van der Waals surface area contributed by atoms with Gasteiger partial charge in [-0.3, -0.25) is 4.79 Å². The molecular weight excluding hydrogens is 370 g/mol. The van der Waals surface area contributed by atoms with Gasteiger partial charge in [-0.05, 0) is 57.7 Å². The molecule has 8 heteroatoms. The van der Waals surface area contributed by atoms with Crippen LogP contribution in [0.3, 0.4) is 0 Å². The van der Waals surface area contributed by atoms with Crippen molar-refractivity contribution in [3.63, 3.8) is 0 Å². The number of carbonyl (C=O) groups is 2. The molecule has 2 atom stereocenters. The van der Waals surface area contributed by atoms with Crippen molar-refractivity contribution in [3.05, 3.63) is 29.8 Å². The van der Waals surface area contributed by atoms with E-state index in [-0.39, 0.29) is 29.7 Å². The van der Waals surface area contributed by atoms with E-state index in [9.17, 15) is 18.4 Å². The monoisotopic (exact) mass is 396 g/mol. The maximum Gasteiger partial charge on any atom is 0.410 e. The Kier molecular flexibility index (Phi) is 5.76. The highest BCUT2D eigenvalue weighted by molar-refractivity contribution is 5.94. The minimum Gasteiger partial charge on any atom is -0.444 e. The summed E-state index contributed by atoms with van der Waals surface area (Å²) in [6, 6.07) is 5.91. The molecule has 0 unspecified atom stereocenters. The second kappa shape index (κ2) is 7.93. The van der Waals surface area contributed by atoms with Crippen molar-refractivity contribution in [2.24, 2.45) is 5.92 Å². The van der Waals surface area contributed by atoms with Crippen molar-refractivity contribution >= 4 is 12.0 Å². The highest BCUT2D eigenvalue weighted by Crippen LogP contribution is 2.33. The molecule has 2 saturated heterocycles. The predicted octanol–water partition coefficient (Wildman–Crippen LogP) is 3.76. The second-order valence-corrected chi connectivity index (χ2v) is 8.24. The molecule has 2 amide bonds. The number of likely N-dealkylation sites (tertiary alicyclic amines) is 2. The number of fused-ring (bicyclic) bond motifs is 1. The number of rotatable bonds is 3. The van der Waals surface area contributed by atoms with Crippen molar-refractivity contribution in [1.29, 1.82) is 0 Å². The van der Waals surface area contributed by atoms with Gasteiger partial charge in [0.05, 0.1) is 0 Å². The number of benzene rings is 1. The zero-order chi connectivity index (χ0) is 20.5.